The van der Waals surface area contributed by atoms with Crippen LogP contribution in [0.15, 0.2) is 26.6 Å². The maximum absolute atomic E-state index is 12.5. The second-order valence-electron chi connectivity index (χ2n) is 6.84. The second-order valence-corrected chi connectivity index (χ2v) is 8.46. The minimum Gasteiger partial charge on any atom is -0.444 e. The summed E-state index contributed by atoms with van der Waals surface area (Å²) in [4.78, 5) is 23.9. The van der Waals surface area contributed by atoms with Gasteiger partial charge >= 0.3 is 0 Å². The van der Waals surface area contributed by atoms with Gasteiger partial charge in [0.25, 0.3) is 5.91 Å². The molecule has 0 N–H and O–H groups in total. The van der Waals surface area contributed by atoms with E-state index in [1.807, 2.05) is 4.90 Å². The summed E-state index contributed by atoms with van der Waals surface area (Å²) in [6.45, 7) is 6.35. The van der Waals surface area contributed by atoms with Gasteiger partial charge in [0.15, 0.2) is 15.6 Å². The van der Waals surface area contributed by atoms with E-state index in [4.69, 9.17) is 9.40 Å². The summed E-state index contributed by atoms with van der Waals surface area (Å²) in [5.41, 5.74) is 1.17. The van der Waals surface area contributed by atoms with Crippen molar-refractivity contribution in [2.45, 2.75) is 25.8 Å². The number of aromatic nitrogens is 1. The molecule has 0 unspecified atom stereocenters. The van der Waals surface area contributed by atoms with E-state index < -0.39 is 0 Å². The molecule has 2 aliphatic rings. The van der Waals surface area contributed by atoms with E-state index in [2.05, 4.69) is 31.1 Å². The summed E-state index contributed by atoms with van der Waals surface area (Å²) in [5.74, 6) is 0.351. The lowest BCUT2D eigenvalue weighted by molar-refractivity contribution is 0.0713. The summed E-state index contributed by atoms with van der Waals surface area (Å²) in [6.07, 6.45) is 3.97. The number of halogens is 1. The fourth-order valence-corrected chi connectivity index (χ4v) is 4.72. The molecule has 4 heterocycles. The smallest absolute Gasteiger partial charge is 0.289 e. The van der Waals surface area contributed by atoms with E-state index in [9.17, 15) is 4.79 Å². The zero-order chi connectivity index (χ0) is 17.9. The molecular formula is C18H23BrN4O2S. The molecule has 2 aromatic heterocycles. The molecule has 6 nitrogen and oxygen atoms in total. The third kappa shape index (κ3) is 4.13. The molecule has 2 fully saturated rings. The van der Waals surface area contributed by atoms with Crippen molar-refractivity contribution in [3.8, 4) is 0 Å². The first kappa shape index (κ1) is 18.0. The largest absolute Gasteiger partial charge is 0.444 e. The molecule has 0 aliphatic carbocycles. The first-order valence-corrected chi connectivity index (χ1v) is 10.8. The van der Waals surface area contributed by atoms with Gasteiger partial charge < -0.3 is 14.2 Å². The number of thiazole rings is 1. The predicted molar refractivity (Wildman–Crippen MR) is 106 cm³/mol. The number of hydrogen-bond acceptors (Lipinski definition) is 6. The predicted octanol–water partition coefficient (Wildman–Crippen LogP) is 3.45. The van der Waals surface area contributed by atoms with Crippen LogP contribution in [0.1, 0.15) is 35.5 Å². The van der Waals surface area contributed by atoms with Gasteiger partial charge in [0.1, 0.15) is 0 Å². The number of piperazine rings is 1. The van der Waals surface area contributed by atoms with Crippen LogP contribution in [0.5, 0.6) is 0 Å². The van der Waals surface area contributed by atoms with E-state index in [1.165, 1.54) is 38.0 Å². The Morgan fingerprint density at radius 3 is 2.58 bits per heavy atom. The highest BCUT2D eigenvalue weighted by molar-refractivity contribution is 9.10. The van der Waals surface area contributed by atoms with Gasteiger partial charge in [-0.1, -0.05) is 6.42 Å². The quantitative estimate of drug-likeness (QED) is 0.731. The van der Waals surface area contributed by atoms with Gasteiger partial charge in [0, 0.05) is 38.1 Å². The Morgan fingerprint density at radius 2 is 1.88 bits per heavy atom. The standard InChI is InChI=1S/C18H23BrN4O2S/c19-16-5-4-15(25-16)17(24)22-8-10-23(11-9-22)18-20-14(13-26-18)12-21-6-2-1-3-7-21/h4-5,13H,1-3,6-12H2. The molecule has 0 bridgehead atoms. The summed E-state index contributed by atoms with van der Waals surface area (Å²) in [7, 11) is 0. The number of furan rings is 1. The van der Waals surface area contributed by atoms with Gasteiger partial charge in [0.2, 0.25) is 0 Å². The normalized spacial score (nSPS) is 19.1. The van der Waals surface area contributed by atoms with Gasteiger partial charge in [-0.25, -0.2) is 4.98 Å². The molecule has 4 rings (SSSR count). The number of likely N-dealkylation sites (tertiary alicyclic amines) is 1. The highest BCUT2D eigenvalue weighted by Crippen LogP contribution is 2.24. The van der Waals surface area contributed by atoms with Crippen molar-refractivity contribution in [1.29, 1.82) is 0 Å². The van der Waals surface area contributed by atoms with Gasteiger partial charge in [-0.3, -0.25) is 9.69 Å². The first-order chi connectivity index (χ1) is 12.7. The lowest BCUT2D eigenvalue weighted by Crippen LogP contribution is -2.48. The summed E-state index contributed by atoms with van der Waals surface area (Å²) < 4.78 is 5.97. The van der Waals surface area contributed by atoms with Crippen LogP contribution >= 0.6 is 27.3 Å². The van der Waals surface area contributed by atoms with Crippen molar-refractivity contribution < 1.29 is 9.21 Å². The number of piperidine rings is 1. The summed E-state index contributed by atoms with van der Waals surface area (Å²) >= 11 is 4.96. The van der Waals surface area contributed by atoms with Gasteiger partial charge in [0.05, 0.1) is 5.69 Å². The van der Waals surface area contributed by atoms with Gasteiger partial charge in [-0.2, -0.15) is 0 Å². The van der Waals surface area contributed by atoms with Gasteiger partial charge in [-0.05, 0) is 54.0 Å². The molecule has 2 aromatic rings. The maximum Gasteiger partial charge on any atom is 0.289 e. The molecule has 8 heteroatoms. The average molecular weight is 439 g/mol. The number of carbonyl (C=O) groups excluding carboxylic acids is 1. The Bertz CT molecular complexity index is 748. The molecule has 0 atom stereocenters. The van der Waals surface area contributed by atoms with Crippen LogP contribution < -0.4 is 4.90 Å². The molecule has 0 radical (unpaired) electrons. The Hall–Kier alpha value is -1.38. The lowest BCUT2D eigenvalue weighted by atomic mass is 10.1. The zero-order valence-corrected chi connectivity index (χ0v) is 17.1. The molecule has 0 spiro atoms. The van der Waals surface area contributed by atoms with Crippen LogP contribution in [0.2, 0.25) is 0 Å². The third-order valence-corrected chi connectivity index (χ3v) is 6.37. The van der Waals surface area contributed by atoms with Crippen LogP contribution in [0.25, 0.3) is 0 Å². The third-order valence-electron chi connectivity index (χ3n) is 5.00. The summed E-state index contributed by atoms with van der Waals surface area (Å²) in [5, 5.41) is 3.26. The fraction of sp³-hybridized carbons (Fsp3) is 0.556. The fourth-order valence-electron chi connectivity index (χ4n) is 3.55. The van der Waals surface area contributed by atoms with Gasteiger partial charge in [-0.15, -0.1) is 11.3 Å². The molecule has 0 saturated carbocycles. The zero-order valence-electron chi connectivity index (χ0n) is 14.7. The number of anilines is 1. The Balaban J connectivity index is 1.31. The molecule has 26 heavy (non-hydrogen) atoms. The maximum atomic E-state index is 12.5. The molecule has 2 saturated heterocycles. The second kappa shape index (κ2) is 8.10. The average Bonchev–Trinajstić information content (AvgIpc) is 3.31. The number of nitrogens with zero attached hydrogens (tertiary/aromatic N) is 4. The van der Waals surface area contributed by atoms with E-state index in [1.54, 1.807) is 23.5 Å². The van der Waals surface area contributed by atoms with Crippen molar-refractivity contribution in [3.05, 3.63) is 33.6 Å². The van der Waals surface area contributed by atoms with Crippen molar-refractivity contribution >= 4 is 38.3 Å². The molecule has 0 aromatic carbocycles. The minimum absolute atomic E-state index is 0.0414. The minimum atomic E-state index is -0.0414. The van der Waals surface area contributed by atoms with Crippen LogP contribution in [-0.4, -0.2) is 60.0 Å². The van der Waals surface area contributed by atoms with E-state index in [0.717, 1.165) is 24.8 Å². The Morgan fingerprint density at radius 1 is 1.12 bits per heavy atom. The molecular weight excluding hydrogens is 416 g/mol. The molecule has 140 valence electrons. The lowest BCUT2D eigenvalue weighted by Gasteiger charge is -2.34. The van der Waals surface area contributed by atoms with Crippen LogP contribution in [0.3, 0.4) is 0 Å². The first-order valence-electron chi connectivity index (χ1n) is 9.15. The topological polar surface area (TPSA) is 52.8 Å². The van der Waals surface area contributed by atoms with E-state index >= 15 is 0 Å². The number of rotatable bonds is 4. The highest BCUT2D eigenvalue weighted by atomic mass is 79.9. The van der Waals surface area contributed by atoms with Crippen molar-refractivity contribution in [3.63, 3.8) is 0 Å². The number of amides is 1. The van der Waals surface area contributed by atoms with Crippen molar-refractivity contribution in [1.82, 2.24) is 14.8 Å². The van der Waals surface area contributed by atoms with E-state index in [0.29, 0.717) is 23.5 Å². The molecule has 1 amide bonds. The Kier molecular flexibility index (Phi) is 5.61. The van der Waals surface area contributed by atoms with Crippen molar-refractivity contribution in [2.75, 3.05) is 44.2 Å². The van der Waals surface area contributed by atoms with Crippen LogP contribution in [0.4, 0.5) is 5.13 Å². The highest BCUT2D eigenvalue weighted by Gasteiger charge is 2.25. The molecule has 2 aliphatic heterocycles. The number of carbonyl (C=O) groups is 1. The number of hydrogen-bond donors (Lipinski definition) is 0. The summed E-state index contributed by atoms with van der Waals surface area (Å²) in [6, 6.07) is 3.47. The SMILES string of the molecule is O=C(c1ccc(Br)o1)N1CCN(c2nc(CN3CCCCC3)cs2)CC1. The monoisotopic (exact) mass is 438 g/mol. The van der Waals surface area contributed by atoms with Crippen LogP contribution in [0, 0.1) is 0 Å². The van der Waals surface area contributed by atoms with Crippen LogP contribution in [-0.2, 0) is 6.54 Å². The van der Waals surface area contributed by atoms with Crippen molar-refractivity contribution in [2.24, 2.45) is 0 Å². The Labute approximate surface area is 165 Å². The van der Waals surface area contributed by atoms with E-state index in [-0.39, 0.29) is 5.91 Å².